The summed E-state index contributed by atoms with van der Waals surface area (Å²) in [5.41, 5.74) is 5.47. The van der Waals surface area contributed by atoms with Gasteiger partial charge in [-0.05, 0) is 47.1 Å². The molecule has 0 aliphatic carbocycles. The molecule has 0 radical (unpaired) electrons. The maximum Gasteiger partial charge on any atom is 0.309 e. The van der Waals surface area contributed by atoms with Crippen molar-refractivity contribution in [2.45, 2.75) is 64.1 Å². The molecule has 2 aliphatic heterocycles. The molecule has 246 valence electrons. The Balaban J connectivity index is 1.09. The molecule has 2 unspecified atom stereocenters. The van der Waals surface area contributed by atoms with Gasteiger partial charge in [-0.2, -0.15) is 0 Å². The van der Waals surface area contributed by atoms with Crippen molar-refractivity contribution in [3.8, 4) is 11.4 Å². The largest absolute Gasteiger partial charge is 0.481 e. The van der Waals surface area contributed by atoms with Crippen LogP contribution in [0.15, 0.2) is 73.1 Å². The van der Waals surface area contributed by atoms with E-state index in [1.807, 2.05) is 48.8 Å². The Morgan fingerprint density at radius 1 is 0.936 bits per heavy atom. The predicted octanol–water partition coefficient (Wildman–Crippen LogP) is 5.34. The summed E-state index contributed by atoms with van der Waals surface area (Å²) in [6.07, 6.45) is 4.15. The van der Waals surface area contributed by atoms with Crippen molar-refractivity contribution in [1.29, 1.82) is 0 Å². The van der Waals surface area contributed by atoms with Crippen LogP contribution in [0.1, 0.15) is 64.9 Å². The van der Waals surface area contributed by atoms with Gasteiger partial charge in [0.1, 0.15) is 6.23 Å². The zero-order valence-electron chi connectivity index (χ0n) is 27.4. The number of aliphatic carboxylic acids is 1. The molecule has 47 heavy (non-hydrogen) atoms. The number of carbonyl (C=O) groups excluding carboxylic acids is 1. The number of aryl methyl sites for hydroxylation is 1. The molecule has 2 aromatic heterocycles. The molecule has 1 amide bonds. The number of carboxylic acids is 1. The van der Waals surface area contributed by atoms with Gasteiger partial charge in [0.05, 0.1) is 34.9 Å². The number of thiophene rings is 1. The number of likely N-dealkylation sites (tertiary alicyclic amines) is 1. The average Bonchev–Trinajstić information content (AvgIpc) is 3.52. The Bertz CT molecular complexity index is 1690. The van der Waals surface area contributed by atoms with Crippen LogP contribution in [0.25, 0.3) is 11.4 Å². The normalized spacial score (nSPS) is 17.1. The molecule has 0 spiro atoms. The molecule has 2 atom stereocenters. The summed E-state index contributed by atoms with van der Waals surface area (Å²) in [4.78, 5) is 39.6. The van der Waals surface area contributed by atoms with E-state index in [-0.39, 0.29) is 24.4 Å². The van der Waals surface area contributed by atoms with Gasteiger partial charge in [0.25, 0.3) is 5.91 Å². The number of nitrogens with one attached hydrogen (secondary N) is 1. The van der Waals surface area contributed by atoms with E-state index < -0.39 is 24.2 Å². The van der Waals surface area contributed by atoms with Crippen LogP contribution in [-0.4, -0.2) is 75.4 Å². The highest BCUT2D eigenvalue weighted by Crippen LogP contribution is 2.32. The lowest BCUT2D eigenvalue weighted by Crippen LogP contribution is -2.61. The maximum absolute atomic E-state index is 13.3. The summed E-state index contributed by atoms with van der Waals surface area (Å²) >= 11 is 1.45. The quantitative estimate of drug-likeness (QED) is 0.199. The second-order valence-corrected chi connectivity index (χ2v) is 14.8. The lowest BCUT2D eigenvalue weighted by molar-refractivity contribution is -0.155. The highest BCUT2D eigenvalue weighted by atomic mass is 32.1. The van der Waals surface area contributed by atoms with Crippen molar-refractivity contribution in [2.24, 2.45) is 5.92 Å². The Labute approximate surface area is 280 Å². The van der Waals surface area contributed by atoms with Gasteiger partial charge < -0.3 is 20.4 Å². The molecular weight excluding hydrogens is 611 g/mol. The van der Waals surface area contributed by atoms with Gasteiger partial charge in [-0.3, -0.25) is 14.5 Å². The van der Waals surface area contributed by atoms with E-state index in [4.69, 9.17) is 0 Å². The van der Waals surface area contributed by atoms with Crippen molar-refractivity contribution in [3.05, 3.63) is 99.5 Å². The first-order chi connectivity index (χ1) is 22.5. The number of aliphatic hydroxyl groups excluding tert-OH is 1. The molecule has 4 aromatic rings. The Hall–Kier alpha value is -4.12. The minimum atomic E-state index is -1.02. The van der Waals surface area contributed by atoms with Gasteiger partial charge in [0, 0.05) is 42.5 Å². The smallest absolute Gasteiger partial charge is 0.309 e. The van der Waals surface area contributed by atoms with E-state index in [2.05, 4.69) is 72.1 Å². The number of hydrogen-bond acceptors (Lipinski definition) is 8. The van der Waals surface area contributed by atoms with Gasteiger partial charge in [0.2, 0.25) is 0 Å². The molecule has 4 heterocycles. The molecule has 3 N–H and O–H groups in total. The third-order valence-corrected chi connectivity index (χ3v) is 10.8. The number of aromatic nitrogens is 2. The number of amides is 1. The average molecular weight is 654 g/mol. The zero-order valence-corrected chi connectivity index (χ0v) is 28.2. The van der Waals surface area contributed by atoms with Crippen LogP contribution in [0, 0.1) is 5.92 Å². The monoisotopic (exact) mass is 653 g/mol. The number of benzene rings is 2. The molecule has 0 saturated carbocycles. The number of hydrogen-bond donors (Lipinski definition) is 3. The van der Waals surface area contributed by atoms with Crippen LogP contribution < -0.4 is 10.2 Å². The molecule has 6 rings (SSSR count). The number of carboxylic acid groups (broad SMARTS) is 1. The second kappa shape index (κ2) is 13.5. The highest BCUT2D eigenvalue weighted by molar-refractivity contribution is 7.14. The van der Waals surface area contributed by atoms with E-state index >= 15 is 0 Å². The number of anilines is 1. The van der Waals surface area contributed by atoms with Gasteiger partial charge in [-0.1, -0.05) is 76.2 Å². The number of carbonyl (C=O) groups is 2. The van der Waals surface area contributed by atoms with Crippen LogP contribution in [0.5, 0.6) is 0 Å². The van der Waals surface area contributed by atoms with Crippen molar-refractivity contribution in [2.75, 3.05) is 31.1 Å². The van der Waals surface area contributed by atoms with Crippen LogP contribution in [0.4, 0.5) is 5.69 Å². The molecule has 2 saturated heterocycles. The van der Waals surface area contributed by atoms with Crippen LogP contribution >= 0.6 is 11.3 Å². The summed E-state index contributed by atoms with van der Waals surface area (Å²) in [7, 11) is 0. The SMILES string of the molecule is CCc1ccc(C2CN(c3cnc(-c4ccc(CC(NC(=O)c5ccc(C(C)(C)C)s5)C(O)N5CC(C(=O)O)C5)cc4)nc3)C2)cc1. The van der Waals surface area contributed by atoms with Gasteiger partial charge >= 0.3 is 5.97 Å². The third kappa shape index (κ3) is 7.40. The van der Waals surface area contributed by atoms with Crippen LogP contribution in [0.3, 0.4) is 0 Å². The molecule has 9 nitrogen and oxygen atoms in total. The third-order valence-electron chi connectivity index (χ3n) is 9.29. The Kier molecular flexibility index (Phi) is 9.46. The summed E-state index contributed by atoms with van der Waals surface area (Å²) in [5, 5.41) is 23.6. The summed E-state index contributed by atoms with van der Waals surface area (Å²) in [6.45, 7) is 10.9. The number of rotatable bonds is 11. The van der Waals surface area contributed by atoms with Crippen molar-refractivity contribution >= 4 is 28.9 Å². The molecule has 2 aliphatic rings. The molecular formula is C37H43N5O4S. The van der Waals surface area contributed by atoms with Crippen LogP contribution in [0.2, 0.25) is 0 Å². The molecule has 2 fully saturated rings. The van der Waals surface area contributed by atoms with Gasteiger partial charge in [-0.25, -0.2) is 9.97 Å². The summed E-state index contributed by atoms with van der Waals surface area (Å²) in [5.74, 6) is -0.493. The minimum absolute atomic E-state index is 0.0727. The summed E-state index contributed by atoms with van der Waals surface area (Å²) < 4.78 is 0. The summed E-state index contributed by atoms with van der Waals surface area (Å²) in [6, 6.07) is 19.9. The first-order valence-corrected chi connectivity index (χ1v) is 17.1. The first kappa shape index (κ1) is 32.8. The van der Waals surface area contributed by atoms with Crippen molar-refractivity contribution in [3.63, 3.8) is 0 Å². The number of aliphatic hydroxyl groups is 1. The highest BCUT2D eigenvalue weighted by Gasteiger charge is 2.39. The second-order valence-electron chi connectivity index (χ2n) is 13.8. The topological polar surface area (TPSA) is 119 Å². The van der Waals surface area contributed by atoms with Crippen molar-refractivity contribution in [1.82, 2.24) is 20.2 Å². The standard InChI is InChI=1S/C37H43N5O4S/c1-5-23-6-10-25(11-7-23)27-19-41(20-27)29-17-38-33(39-18-29)26-12-8-24(9-13-26)16-30(35(44)42-21-28(22-42)36(45)46)40-34(43)31-14-15-32(47-31)37(2,3)4/h6-15,17-18,27-28,30,35,44H,5,16,19-22H2,1-4H3,(H,40,43)(H,45,46). The van der Waals surface area contributed by atoms with E-state index in [9.17, 15) is 19.8 Å². The fourth-order valence-electron chi connectivity index (χ4n) is 6.08. The van der Waals surface area contributed by atoms with Gasteiger partial charge in [0.15, 0.2) is 5.82 Å². The number of nitrogens with zero attached hydrogens (tertiary/aromatic N) is 4. The minimum Gasteiger partial charge on any atom is -0.481 e. The molecule has 2 aromatic carbocycles. The molecule has 10 heteroatoms. The van der Waals surface area contributed by atoms with Gasteiger partial charge in [-0.15, -0.1) is 11.3 Å². The first-order valence-electron chi connectivity index (χ1n) is 16.3. The predicted molar refractivity (Wildman–Crippen MR) is 185 cm³/mol. The fourth-order valence-corrected chi connectivity index (χ4v) is 7.04. The molecule has 0 bridgehead atoms. The maximum atomic E-state index is 13.3. The van der Waals surface area contributed by atoms with E-state index in [0.29, 0.717) is 23.0 Å². The van der Waals surface area contributed by atoms with E-state index in [1.54, 1.807) is 4.90 Å². The Morgan fingerprint density at radius 2 is 1.57 bits per heavy atom. The van der Waals surface area contributed by atoms with Crippen LogP contribution in [-0.2, 0) is 23.1 Å². The lowest BCUT2D eigenvalue weighted by Gasteiger charge is -2.42. The fraction of sp³-hybridized carbons (Fsp3) is 0.405. The van der Waals surface area contributed by atoms with E-state index in [1.165, 1.54) is 22.5 Å². The van der Waals surface area contributed by atoms with Crippen molar-refractivity contribution < 1.29 is 19.8 Å². The van der Waals surface area contributed by atoms with E-state index in [0.717, 1.165) is 41.2 Å². The lowest BCUT2D eigenvalue weighted by atomic mass is 9.90. The zero-order chi connectivity index (χ0) is 33.3. The Morgan fingerprint density at radius 3 is 2.15 bits per heavy atom.